The summed E-state index contributed by atoms with van der Waals surface area (Å²) in [7, 11) is 0. The molecule has 0 fully saturated rings. The van der Waals surface area contributed by atoms with Gasteiger partial charge in [-0.15, -0.1) is 0 Å². The minimum atomic E-state index is -0.611. The zero-order valence-corrected chi connectivity index (χ0v) is 13.2. The molecule has 0 heterocycles. The summed E-state index contributed by atoms with van der Waals surface area (Å²) in [6.45, 7) is 6.04. The molecule has 2 N–H and O–H groups in total. The Kier molecular flexibility index (Phi) is 7.73. The van der Waals surface area contributed by atoms with Gasteiger partial charge in [0.1, 0.15) is 5.75 Å². The van der Waals surface area contributed by atoms with Crippen molar-refractivity contribution in [2.75, 3.05) is 19.6 Å². The van der Waals surface area contributed by atoms with Crippen LogP contribution in [0.2, 0.25) is 10.0 Å². The van der Waals surface area contributed by atoms with Crippen molar-refractivity contribution in [1.82, 2.24) is 10.6 Å². The van der Waals surface area contributed by atoms with E-state index in [9.17, 15) is 4.79 Å². The summed E-state index contributed by atoms with van der Waals surface area (Å²) >= 11 is 11.8. The predicted octanol–water partition coefficient (Wildman–Crippen LogP) is 2.88. The third-order valence-corrected chi connectivity index (χ3v) is 3.13. The lowest BCUT2D eigenvalue weighted by Gasteiger charge is -2.15. The number of carbonyl (C=O) groups excluding carboxylic acids is 1. The SMILES string of the molecule is CCCNCCNC(=O)C(C)Oc1ccc(Cl)cc1Cl. The number of halogens is 2. The number of nitrogens with one attached hydrogen (secondary N) is 2. The molecule has 0 aliphatic heterocycles. The Hall–Kier alpha value is -0.970. The first-order valence-corrected chi connectivity index (χ1v) is 7.40. The molecule has 1 unspecified atom stereocenters. The van der Waals surface area contributed by atoms with Crippen molar-refractivity contribution < 1.29 is 9.53 Å². The van der Waals surface area contributed by atoms with E-state index in [0.29, 0.717) is 22.3 Å². The van der Waals surface area contributed by atoms with Crippen LogP contribution in [-0.2, 0) is 4.79 Å². The molecule has 0 radical (unpaired) electrons. The van der Waals surface area contributed by atoms with Gasteiger partial charge in [0.25, 0.3) is 5.91 Å². The van der Waals surface area contributed by atoms with E-state index in [1.54, 1.807) is 25.1 Å². The van der Waals surface area contributed by atoms with Gasteiger partial charge in [0, 0.05) is 18.1 Å². The zero-order chi connectivity index (χ0) is 15.0. The highest BCUT2D eigenvalue weighted by molar-refractivity contribution is 6.35. The van der Waals surface area contributed by atoms with Gasteiger partial charge in [-0.2, -0.15) is 0 Å². The summed E-state index contributed by atoms with van der Waals surface area (Å²) in [5.41, 5.74) is 0. The second-order valence-corrected chi connectivity index (χ2v) is 5.22. The minimum absolute atomic E-state index is 0.172. The van der Waals surface area contributed by atoms with E-state index in [1.165, 1.54) is 0 Å². The van der Waals surface area contributed by atoms with Crippen molar-refractivity contribution in [1.29, 1.82) is 0 Å². The van der Waals surface area contributed by atoms with E-state index in [2.05, 4.69) is 17.6 Å². The highest BCUT2D eigenvalue weighted by Crippen LogP contribution is 2.28. The van der Waals surface area contributed by atoms with Crippen molar-refractivity contribution in [2.45, 2.75) is 26.4 Å². The van der Waals surface area contributed by atoms with E-state index in [0.717, 1.165) is 19.5 Å². The van der Waals surface area contributed by atoms with Gasteiger partial charge in [-0.05, 0) is 38.1 Å². The Labute approximate surface area is 129 Å². The first kappa shape index (κ1) is 17.1. The van der Waals surface area contributed by atoms with Gasteiger partial charge in [0.15, 0.2) is 6.10 Å². The Morgan fingerprint density at radius 1 is 1.30 bits per heavy atom. The number of amides is 1. The van der Waals surface area contributed by atoms with Crippen LogP contribution < -0.4 is 15.4 Å². The maximum absolute atomic E-state index is 11.8. The van der Waals surface area contributed by atoms with Gasteiger partial charge in [-0.3, -0.25) is 4.79 Å². The fourth-order valence-electron chi connectivity index (χ4n) is 1.53. The molecule has 0 bridgehead atoms. The first-order chi connectivity index (χ1) is 9.54. The van der Waals surface area contributed by atoms with Gasteiger partial charge in [-0.25, -0.2) is 0 Å². The molecule has 112 valence electrons. The third-order valence-electron chi connectivity index (χ3n) is 2.59. The lowest BCUT2D eigenvalue weighted by molar-refractivity contribution is -0.127. The molecule has 1 atom stereocenters. The number of hydrogen-bond acceptors (Lipinski definition) is 3. The van der Waals surface area contributed by atoms with Gasteiger partial charge >= 0.3 is 0 Å². The Morgan fingerprint density at radius 2 is 2.05 bits per heavy atom. The zero-order valence-electron chi connectivity index (χ0n) is 11.7. The average molecular weight is 319 g/mol. The van der Waals surface area contributed by atoms with E-state index in [4.69, 9.17) is 27.9 Å². The maximum atomic E-state index is 11.8. The quantitative estimate of drug-likeness (QED) is 0.725. The lowest BCUT2D eigenvalue weighted by Crippen LogP contribution is -2.39. The van der Waals surface area contributed by atoms with Crippen molar-refractivity contribution in [3.05, 3.63) is 28.2 Å². The fraction of sp³-hybridized carbons (Fsp3) is 0.500. The van der Waals surface area contributed by atoms with Crippen LogP contribution in [0.1, 0.15) is 20.3 Å². The molecule has 0 aliphatic carbocycles. The molecule has 0 aliphatic rings. The molecule has 0 aromatic heterocycles. The topological polar surface area (TPSA) is 50.4 Å². The van der Waals surface area contributed by atoms with E-state index in [1.807, 2.05) is 0 Å². The molecule has 0 spiro atoms. The number of rotatable bonds is 8. The van der Waals surface area contributed by atoms with Gasteiger partial charge < -0.3 is 15.4 Å². The second kappa shape index (κ2) is 9.06. The van der Waals surface area contributed by atoms with Crippen LogP contribution in [0.3, 0.4) is 0 Å². The molecular weight excluding hydrogens is 299 g/mol. The number of ether oxygens (including phenoxy) is 1. The molecule has 20 heavy (non-hydrogen) atoms. The summed E-state index contributed by atoms with van der Waals surface area (Å²) in [5.74, 6) is 0.275. The van der Waals surface area contributed by atoms with Gasteiger partial charge in [-0.1, -0.05) is 30.1 Å². The monoisotopic (exact) mass is 318 g/mol. The molecule has 0 saturated heterocycles. The Balaban J connectivity index is 2.37. The summed E-state index contributed by atoms with van der Waals surface area (Å²) in [6.07, 6.45) is 0.461. The van der Waals surface area contributed by atoms with E-state index >= 15 is 0 Å². The molecule has 1 rings (SSSR count). The highest BCUT2D eigenvalue weighted by Gasteiger charge is 2.15. The van der Waals surface area contributed by atoms with Crippen LogP contribution in [0.5, 0.6) is 5.75 Å². The summed E-state index contributed by atoms with van der Waals surface area (Å²) < 4.78 is 5.52. The predicted molar refractivity (Wildman–Crippen MR) is 82.7 cm³/mol. The van der Waals surface area contributed by atoms with Crippen molar-refractivity contribution in [3.8, 4) is 5.75 Å². The largest absolute Gasteiger partial charge is 0.479 e. The van der Waals surface area contributed by atoms with Crippen molar-refractivity contribution in [3.63, 3.8) is 0 Å². The normalized spacial score (nSPS) is 12.0. The molecule has 4 nitrogen and oxygen atoms in total. The Morgan fingerprint density at radius 3 is 2.70 bits per heavy atom. The van der Waals surface area contributed by atoms with Gasteiger partial charge in [0.2, 0.25) is 0 Å². The van der Waals surface area contributed by atoms with Crippen LogP contribution in [0.15, 0.2) is 18.2 Å². The summed E-state index contributed by atoms with van der Waals surface area (Å²) in [6, 6.07) is 4.90. The maximum Gasteiger partial charge on any atom is 0.260 e. The fourth-order valence-corrected chi connectivity index (χ4v) is 1.99. The standard InChI is InChI=1S/C14H20Cl2N2O2/c1-3-6-17-7-8-18-14(19)10(2)20-13-5-4-11(15)9-12(13)16/h4-5,9-10,17H,3,6-8H2,1-2H3,(H,18,19). The van der Waals surface area contributed by atoms with Crippen LogP contribution in [0, 0.1) is 0 Å². The lowest BCUT2D eigenvalue weighted by atomic mass is 10.3. The number of carbonyl (C=O) groups is 1. The second-order valence-electron chi connectivity index (χ2n) is 4.38. The molecule has 1 aromatic carbocycles. The first-order valence-electron chi connectivity index (χ1n) is 6.64. The van der Waals surface area contributed by atoms with Crippen LogP contribution in [0.4, 0.5) is 0 Å². The van der Waals surface area contributed by atoms with Crippen molar-refractivity contribution in [2.24, 2.45) is 0 Å². The van der Waals surface area contributed by atoms with Crippen LogP contribution >= 0.6 is 23.2 Å². The van der Waals surface area contributed by atoms with Crippen molar-refractivity contribution >= 4 is 29.1 Å². The molecule has 1 aromatic rings. The van der Waals surface area contributed by atoms with E-state index in [-0.39, 0.29) is 5.91 Å². The Bertz CT molecular complexity index is 441. The number of benzene rings is 1. The molecule has 0 saturated carbocycles. The molecule has 1 amide bonds. The number of hydrogen-bond donors (Lipinski definition) is 2. The van der Waals surface area contributed by atoms with Crippen LogP contribution in [0.25, 0.3) is 0 Å². The van der Waals surface area contributed by atoms with Crippen LogP contribution in [-0.4, -0.2) is 31.6 Å². The average Bonchev–Trinajstić information content (AvgIpc) is 2.41. The summed E-state index contributed by atoms with van der Waals surface area (Å²) in [4.78, 5) is 11.8. The molecule has 6 heteroatoms. The van der Waals surface area contributed by atoms with Gasteiger partial charge in [0.05, 0.1) is 5.02 Å². The molecular formula is C14H20Cl2N2O2. The third kappa shape index (κ3) is 5.99. The minimum Gasteiger partial charge on any atom is -0.479 e. The van der Waals surface area contributed by atoms with E-state index < -0.39 is 6.10 Å². The highest BCUT2D eigenvalue weighted by atomic mass is 35.5. The summed E-state index contributed by atoms with van der Waals surface area (Å²) in [5, 5.41) is 6.92. The smallest absolute Gasteiger partial charge is 0.260 e.